The number of carbonyl (C=O) groups excluding carboxylic acids is 2. The Morgan fingerprint density at radius 2 is 1.94 bits per heavy atom. The Labute approximate surface area is 177 Å². The van der Waals surface area contributed by atoms with E-state index in [-0.39, 0.29) is 23.5 Å². The van der Waals surface area contributed by atoms with Crippen LogP contribution in [-0.2, 0) is 17.9 Å². The van der Waals surface area contributed by atoms with E-state index < -0.39 is 11.9 Å². The lowest BCUT2D eigenvalue weighted by molar-refractivity contribution is -0.120. The maximum absolute atomic E-state index is 14.3. The molecule has 4 heterocycles. The number of likely N-dealkylation sites (N-methyl/N-ethyl adjacent to an activating group) is 1. The van der Waals surface area contributed by atoms with E-state index >= 15 is 0 Å². The number of aromatic nitrogens is 5. The topological polar surface area (TPSA) is 97.9 Å². The predicted octanol–water partition coefficient (Wildman–Crippen LogP) is 1.62. The van der Waals surface area contributed by atoms with Crippen LogP contribution in [0.1, 0.15) is 46.5 Å². The first-order valence-electron chi connectivity index (χ1n) is 10.2. The Morgan fingerprint density at radius 3 is 2.74 bits per heavy atom. The number of nitrogens with one attached hydrogen (secondary N) is 1. The highest BCUT2D eigenvalue weighted by Crippen LogP contribution is 2.34. The molecule has 0 radical (unpaired) electrons. The van der Waals surface area contributed by atoms with Crippen molar-refractivity contribution < 1.29 is 14.0 Å². The quantitative estimate of drug-likeness (QED) is 0.691. The summed E-state index contributed by atoms with van der Waals surface area (Å²) in [5, 5.41) is 11.5. The highest BCUT2D eigenvalue weighted by molar-refractivity contribution is 6.00. The van der Waals surface area contributed by atoms with Crippen LogP contribution in [0.3, 0.4) is 0 Å². The summed E-state index contributed by atoms with van der Waals surface area (Å²) in [7, 11) is 1.67. The fourth-order valence-corrected chi connectivity index (χ4v) is 4.35. The molecular weight excluding hydrogens is 401 g/mol. The number of fused-ring (bicyclic) bond motifs is 2. The van der Waals surface area contributed by atoms with Crippen LogP contribution in [0, 0.1) is 12.7 Å². The Bertz CT molecular complexity index is 1180. The van der Waals surface area contributed by atoms with Crippen molar-refractivity contribution in [3.63, 3.8) is 0 Å². The minimum Gasteiger partial charge on any atom is -0.337 e. The van der Waals surface area contributed by atoms with Crippen molar-refractivity contribution in [3.05, 3.63) is 59.1 Å². The van der Waals surface area contributed by atoms with E-state index in [2.05, 4.69) is 20.5 Å². The van der Waals surface area contributed by atoms with Gasteiger partial charge in [-0.1, -0.05) is 18.2 Å². The predicted molar refractivity (Wildman–Crippen MR) is 109 cm³/mol. The summed E-state index contributed by atoms with van der Waals surface area (Å²) >= 11 is 0. The second kappa shape index (κ2) is 7.29. The third-order valence-corrected chi connectivity index (χ3v) is 5.91. The standard InChI is InChI=1S/C21H22FN7O2/c1-12-11-17-27(2)21(31)16(8-10-28(17)25-12)23-20(30)18-24-19-14(7-9-29(19)26-18)13-5-3-4-6-15(13)22/h3-6,11,14,16H,7-10H2,1-2H3,(H,23,30)/t14?,16-/m0/s1. The van der Waals surface area contributed by atoms with Crippen LogP contribution in [0.2, 0.25) is 0 Å². The largest absolute Gasteiger partial charge is 0.337 e. The number of rotatable bonds is 3. The van der Waals surface area contributed by atoms with Gasteiger partial charge in [0.15, 0.2) is 0 Å². The number of aryl methyl sites for hydroxylation is 3. The lowest BCUT2D eigenvalue weighted by Gasteiger charge is -2.19. The molecule has 0 spiro atoms. The van der Waals surface area contributed by atoms with E-state index in [1.165, 1.54) is 11.0 Å². The van der Waals surface area contributed by atoms with Gasteiger partial charge in [-0.2, -0.15) is 5.10 Å². The third kappa shape index (κ3) is 3.28. The molecule has 2 aromatic heterocycles. The number of hydrogen-bond acceptors (Lipinski definition) is 5. The molecule has 3 aromatic rings. The van der Waals surface area contributed by atoms with Gasteiger partial charge in [0, 0.05) is 32.1 Å². The molecule has 0 bridgehead atoms. The normalized spacial score (nSPS) is 20.4. The molecule has 1 N–H and O–H groups in total. The molecule has 160 valence electrons. The SMILES string of the molecule is Cc1cc2n(n1)CC[C@H](NC(=O)c1nc3n(n1)CCC3c1ccccc1F)C(=O)N2C. The monoisotopic (exact) mass is 423 g/mol. The smallest absolute Gasteiger partial charge is 0.291 e. The molecule has 9 nitrogen and oxygen atoms in total. The van der Waals surface area contributed by atoms with Crippen LogP contribution in [0.15, 0.2) is 30.3 Å². The number of benzene rings is 1. The van der Waals surface area contributed by atoms with Crippen molar-refractivity contribution in [2.45, 2.75) is 44.8 Å². The summed E-state index contributed by atoms with van der Waals surface area (Å²) < 4.78 is 17.7. The Hall–Kier alpha value is -3.56. The summed E-state index contributed by atoms with van der Waals surface area (Å²) in [5.74, 6) is -0.0268. The van der Waals surface area contributed by atoms with Crippen LogP contribution in [0.25, 0.3) is 0 Å². The number of nitrogens with zero attached hydrogens (tertiary/aromatic N) is 6. The molecule has 2 atom stereocenters. The lowest BCUT2D eigenvalue weighted by atomic mass is 9.97. The highest BCUT2D eigenvalue weighted by Gasteiger charge is 2.34. The zero-order valence-corrected chi connectivity index (χ0v) is 17.2. The summed E-state index contributed by atoms with van der Waals surface area (Å²) in [5.41, 5.74) is 1.38. The molecule has 10 heteroatoms. The number of halogens is 1. The van der Waals surface area contributed by atoms with Crippen molar-refractivity contribution in [1.82, 2.24) is 29.9 Å². The van der Waals surface area contributed by atoms with Crippen LogP contribution >= 0.6 is 0 Å². The van der Waals surface area contributed by atoms with E-state index in [9.17, 15) is 14.0 Å². The second-order valence-corrected chi connectivity index (χ2v) is 7.96. The molecule has 2 aliphatic rings. The van der Waals surface area contributed by atoms with Gasteiger partial charge in [-0.05, 0) is 31.4 Å². The van der Waals surface area contributed by atoms with Gasteiger partial charge in [-0.3, -0.25) is 14.5 Å². The van der Waals surface area contributed by atoms with Crippen molar-refractivity contribution in [1.29, 1.82) is 0 Å². The molecular formula is C21H22FN7O2. The first-order chi connectivity index (χ1) is 14.9. The molecule has 0 aliphatic carbocycles. The average Bonchev–Trinajstić information content (AvgIpc) is 3.42. The summed E-state index contributed by atoms with van der Waals surface area (Å²) in [6.45, 7) is 2.93. The van der Waals surface area contributed by atoms with Crippen molar-refractivity contribution >= 4 is 17.6 Å². The van der Waals surface area contributed by atoms with Crippen LogP contribution < -0.4 is 10.2 Å². The molecule has 2 amide bonds. The Balaban J connectivity index is 1.34. The summed E-state index contributed by atoms with van der Waals surface area (Å²) in [6.07, 6.45) is 1.09. The molecule has 0 fully saturated rings. The molecule has 1 unspecified atom stereocenters. The zero-order chi connectivity index (χ0) is 21.7. The zero-order valence-electron chi connectivity index (χ0n) is 17.2. The van der Waals surface area contributed by atoms with Crippen LogP contribution in [-0.4, -0.2) is 49.4 Å². The maximum atomic E-state index is 14.3. The fraction of sp³-hybridized carbons (Fsp3) is 0.381. The summed E-state index contributed by atoms with van der Waals surface area (Å²) in [6, 6.07) is 7.71. The Kier molecular flexibility index (Phi) is 4.57. The lowest BCUT2D eigenvalue weighted by Crippen LogP contribution is -2.47. The van der Waals surface area contributed by atoms with Gasteiger partial charge in [0.05, 0.1) is 5.69 Å². The third-order valence-electron chi connectivity index (χ3n) is 5.91. The first kappa shape index (κ1) is 19.4. The van der Waals surface area contributed by atoms with Crippen molar-refractivity contribution in [2.75, 3.05) is 11.9 Å². The van der Waals surface area contributed by atoms with Crippen molar-refractivity contribution in [3.8, 4) is 0 Å². The van der Waals surface area contributed by atoms with E-state index in [0.29, 0.717) is 43.1 Å². The first-order valence-corrected chi connectivity index (χ1v) is 10.2. The number of carbonyl (C=O) groups is 2. The second-order valence-electron chi connectivity index (χ2n) is 7.96. The summed E-state index contributed by atoms with van der Waals surface area (Å²) in [4.78, 5) is 31.6. The minimum atomic E-state index is -0.708. The molecule has 5 rings (SSSR count). The van der Waals surface area contributed by atoms with Gasteiger partial charge in [-0.25, -0.2) is 18.7 Å². The van der Waals surface area contributed by atoms with Gasteiger partial charge in [0.1, 0.15) is 23.5 Å². The molecule has 0 saturated carbocycles. The van der Waals surface area contributed by atoms with Crippen LogP contribution in [0.4, 0.5) is 10.2 Å². The number of amides is 2. The van der Waals surface area contributed by atoms with Crippen LogP contribution in [0.5, 0.6) is 0 Å². The van der Waals surface area contributed by atoms with Gasteiger partial charge in [-0.15, -0.1) is 5.10 Å². The van der Waals surface area contributed by atoms with Crippen molar-refractivity contribution in [2.24, 2.45) is 0 Å². The molecule has 2 aliphatic heterocycles. The van der Waals surface area contributed by atoms with E-state index in [1.807, 2.05) is 13.0 Å². The van der Waals surface area contributed by atoms with Gasteiger partial charge >= 0.3 is 0 Å². The van der Waals surface area contributed by atoms with E-state index in [4.69, 9.17) is 0 Å². The van der Waals surface area contributed by atoms with Gasteiger partial charge in [0.2, 0.25) is 5.82 Å². The number of hydrogen-bond donors (Lipinski definition) is 1. The molecule has 0 saturated heterocycles. The van der Waals surface area contributed by atoms with Gasteiger partial charge < -0.3 is 5.32 Å². The number of anilines is 1. The fourth-order valence-electron chi connectivity index (χ4n) is 4.35. The minimum absolute atomic E-state index is 0.00989. The van der Waals surface area contributed by atoms with Gasteiger partial charge in [0.25, 0.3) is 11.8 Å². The molecule has 31 heavy (non-hydrogen) atoms. The van der Waals surface area contributed by atoms with E-state index in [0.717, 1.165) is 5.69 Å². The van der Waals surface area contributed by atoms with E-state index in [1.54, 1.807) is 34.6 Å². The molecule has 1 aromatic carbocycles. The Morgan fingerprint density at radius 1 is 1.16 bits per heavy atom. The highest BCUT2D eigenvalue weighted by atomic mass is 19.1. The average molecular weight is 423 g/mol. The maximum Gasteiger partial charge on any atom is 0.291 e.